The Kier molecular flexibility index (Phi) is 3.86. The van der Waals surface area contributed by atoms with Gasteiger partial charge >= 0.3 is 0 Å². The number of nitrogens with zero attached hydrogens (tertiary/aromatic N) is 1. The maximum absolute atomic E-state index is 6.10. The van der Waals surface area contributed by atoms with Gasteiger partial charge in [-0.15, -0.1) is 0 Å². The number of benzene rings is 1. The first-order valence-corrected chi connectivity index (χ1v) is 5.99. The molecule has 1 aromatic carbocycles. The molecule has 0 N–H and O–H groups in total. The third kappa shape index (κ3) is 2.90. The van der Waals surface area contributed by atoms with Crippen molar-refractivity contribution in [3.63, 3.8) is 0 Å². The first-order valence-electron chi connectivity index (χ1n) is 4.82. The summed E-state index contributed by atoms with van der Waals surface area (Å²) in [5.74, 6) is 1.56. The fourth-order valence-corrected chi connectivity index (χ4v) is 1.74. The van der Waals surface area contributed by atoms with Crippen LogP contribution in [0.2, 0.25) is 5.02 Å². The zero-order valence-corrected chi connectivity index (χ0v) is 11.3. The van der Waals surface area contributed by atoms with Gasteiger partial charge in [0.2, 0.25) is 5.88 Å². The first kappa shape index (κ1) is 12.2. The fraction of sp³-hybridized carbons (Fsp3) is 0.0833. The molecule has 0 aliphatic heterocycles. The van der Waals surface area contributed by atoms with Crippen LogP contribution in [-0.4, -0.2) is 12.1 Å². The van der Waals surface area contributed by atoms with E-state index in [-0.39, 0.29) is 0 Å². The molecular formula is C12H9BrClNO2. The van der Waals surface area contributed by atoms with E-state index in [1.807, 2.05) is 6.07 Å². The lowest BCUT2D eigenvalue weighted by Crippen LogP contribution is -1.90. The minimum atomic E-state index is 0.430. The molecule has 5 heteroatoms. The second kappa shape index (κ2) is 5.38. The molecule has 0 aliphatic rings. The van der Waals surface area contributed by atoms with E-state index in [1.54, 1.807) is 37.6 Å². The number of methoxy groups -OCH3 is 1. The van der Waals surface area contributed by atoms with Crippen molar-refractivity contribution in [1.82, 2.24) is 4.98 Å². The summed E-state index contributed by atoms with van der Waals surface area (Å²) in [5.41, 5.74) is 0. The van der Waals surface area contributed by atoms with Crippen molar-refractivity contribution >= 4 is 27.5 Å². The Morgan fingerprint density at radius 1 is 1.18 bits per heavy atom. The summed E-state index contributed by atoms with van der Waals surface area (Å²) in [7, 11) is 1.56. The Morgan fingerprint density at radius 2 is 1.94 bits per heavy atom. The topological polar surface area (TPSA) is 31.4 Å². The average molecular weight is 315 g/mol. The highest BCUT2D eigenvalue weighted by molar-refractivity contribution is 9.10. The van der Waals surface area contributed by atoms with E-state index in [1.165, 1.54) is 0 Å². The van der Waals surface area contributed by atoms with E-state index in [9.17, 15) is 0 Å². The summed E-state index contributed by atoms with van der Waals surface area (Å²) < 4.78 is 11.6. The van der Waals surface area contributed by atoms with Gasteiger partial charge in [0.1, 0.15) is 10.8 Å². The summed E-state index contributed by atoms with van der Waals surface area (Å²) in [4.78, 5) is 4.10. The van der Waals surface area contributed by atoms with Crippen LogP contribution in [-0.2, 0) is 0 Å². The minimum Gasteiger partial charge on any atom is -0.495 e. The Hall–Kier alpha value is -1.26. The number of aromatic nitrogens is 1. The van der Waals surface area contributed by atoms with Crippen LogP contribution in [0.15, 0.2) is 41.0 Å². The van der Waals surface area contributed by atoms with Crippen molar-refractivity contribution in [3.8, 4) is 17.4 Å². The van der Waals surface area contributed by atoms with E-state index >= 15 is 0 Å². The number of hydrogen-bond donors (Lipinski definition) is 0. The summed E-state index contributed by atoms with van der Waals surface area (Å²) in [6.07, 6.45) is 1.66. The normalized spacial score (nSPS) is 10.1. The minimum absolute atomic E-state index is 0.430. The Balaban J connectivity index is 2.27. The predicted molar refractivity (Wildman–Crippen MR) is 70.0 cm³/mol. The molecular weight excluding hydrogens is 305 g/mol. The number of pyridine rings is 1. The predicted octanol–water partition coefficient (Wildman–Crippen LogP) is 4.30. The van der Waals surface area contributed by atoms with Crippen molar-refractivity contribution in [2.45, 2.75) is 0 Å². The lowest BCUT2D eigenvalue weighted by Gasteiger charge is -2.09. The van der Waals surface area contributed by atoms with Gasteiger partial charge in [0.05, 0.1) is 7.11 Å². The molecule has 0 saturated heterocycles. The third-order valence-electron chi connectivity index (χ3n) is 2.06. The highest BCUT2D eigenvalue weighted by Crippen LogP contribution is 2.35. The van der Waals surface area contributed by atoms with E-state index in [2.05, 4.69) is 20.9 Å². The van der Waals surface area contributed by atoms with Gasteiger partial charge < -0.3 is 9.47 Å². The van der Waals surface area contributed by atoms with Crippen molar-refractivity contribution in [1.29, 1.82) is 0 Å². The second-order valence-electron chi connectivity index (χ2n) is 3.19. The number of hydrogen-bond acceptors (Lipinski definition) is 3. The molecule has 0 atom stereocenters. The van der Waals surface area contributed by atoms with Gasteiger partial charge in [0, 0.05) is 16.7 Å². The molecule has 3 nitrogen and oxygen atoms in total. The van der Waals surface area contributed by atoms with E-state index in [4.69, 9.17) is 21.1 Å². The first-order chi connectivity index (χ1) is 8.20. The van der Waals surface area contributed by atoms with Gasteiger partial charge in [-0.05, 0) is 34.1 Å². The molecule has 0 saturated carbocycles. The average Bonchev–Trinajstić information content (AvgIpc) is 2.35. The van der Waals surface area contributed by atoms with Gasteiger partial charge in [-0.2, -0.15) is 0 Å². The maximum Gasteiger partial charge on any atom is 0.219 e. The van der Waals surface area contributed by atoms with Crippen LogP contribution in [0.5, 0.6) is 17.4 Å². The molecule has 2 rings (SSSR count). The molecule has 17 heavy (non-hydrogen) atoms. The van der Waals surface area contributed by atoms with Gasteiger partial charge in [0.25, 0.3) is 0 Å². The number of ether oxygens (including phenoxy) is 2. The Morgan fingerprint density at radius 3 is 2.59 bits per heavy atom. The SMILES string of the molecule is COc1cccc(Oc2ccc(Br)cn2)c1Cl. The standard InChI is InChI=1S/C12H9BrClNO2/c1-16-9-3-2-4-10(12(9)14)17-11-6-5-8(13)7-15-11/h2-7H,1H3. The molecule has 88 valence electrons. The smallest absolute Gasteiger partial charge is 0.219 e. The fourth-order valence-electron chi connectivity index (χ4n) is 1.26. The van der Waals surface area contributed by atoms with Crippen LogP contribution in [0.25, 0.3) is 0 Å². The van der Waals surface area contributed by atoms with Crippen molar-refractivity contribution in [2.75, 3.05) is 7.11 Å². The Bertz CT molecular complexity index is 516. The van der Waals surface area contributed by atoms with Gasteiger partial charge in [-0.25, -0.2) is 4.98 Å². The summed E-state index contributed by atoms with van der Waals surface area (Å²) in [5, 5.41) is 0.430. The molecule has 0 unspecified atom stereocenters. The van der Waals surface area contributed by atoms with Crippen LogP contribution in [0.3, 0.4) is 0 Å². The molecule has 0 spiro atoms. The van der Waals surface area contributed by atoms with Gasteiger partial charge in [-0.3, -0.25) is 0 Å². The van der Waals surface area contributed by atoms with Crippen molar-refractivity contribution in [3.05, 3.63) is 46.0 Å². The molecule has 0 bridgehead atoms. The summed E-state index contributed by atoms with van der Waals surface area (Å²) in [6, 6.07) is 8.92. The quantitative estimate of drug-likeness (QED) is 0.846. The van der Waals surface area contributed by atoms with Crippen LogP contribution in [0.1, 0.15) is 0 Å². The highest BCUT2D eigenvalue weighted by Gasteiger charge is 2.08. The maximum atomic E-state index is 6.10. The lowest BCUT2D eigenvalue weighted by molar-refractivity contribution is 0.407. The van der Waals surface area contributed by atoms with Crippen molar-refractivity contribution < 1.29 is 9.47 Å². The highest BCUT2D eigenvalue weighted by atomic mass is 79.9. The zero-order valence-electron chi connectivity index (χ0n) is 8.98. The number of rotatable bonds is 3. The van der Waals surface area contributed by atoms with Crippen LogP contribution in [0, 0.1) is 0 Å². The molecule has 2 aromatic rings. The zero-order chi connectivity index (χ0) is 12.3. The van der Waals surface area contributed by atoms with E-state index < -0.39 is 0 Å². The molecule has 0 radical (unpaired) electrons. The molecule has 0 fully saturated rings. The lowest BCUT2D eigenvalue weighted by atomic mass is 10.3. The summed E-state index contributed by atoms with van der Waals surface area (Å²) >= 11 is 9.41. The Labute approximate surface area is 112 Å². The number of halogens is 2. The largest absolute Gasteiger partial charge is 0.495 e. The molecule has 1 heterocycles. The molecule has 0 amide bonds. The monoisotopic (exact) mass is 313 g/mol. The second-order valence-corrected chi connectivity index (χ2v) is 4.48. The van der Waals surface area contributed by atoms with Crippen molar-refractivity contribution in [2.24, 2.45) is 0 Å². The third-order valence-corrected chi connectivity index (χ3v) is 2.90. The van der Waals surface area contributed by atoms with Gasteiger partial charge in [-0.1, -0.05) is 17.7 Å². The van der Waals surface area contributed by atoms with E-state index in [0.717, 1.165) is 4.47 Å². The van der Waals surface area contributed by atoms with E-state index in [0.29, 0.717) is 22.4 Å². The van der Waals surface area contributed by atoms with Crippen LogP contribution < -0.4 is 9.47 Å². The van der Waals surface area contributed by atoms with Crippen LogP contribution >= 0.6 is 27.5 Å². The van der Waals surface area contributed by atoms with Gasteiger partial charge in [0.15, 0.2) is 5.75 Å². The summed E-state index contributed by atoms with van der Waals surface area (Å²) in [6.45, 7) is 0. The molecule has 0 aliphatic carbocycles. The van der Waals surface area contributed by atoms with Crippen LogP contribution in [0.4, 0.5) is 0 Å². The molecule has 1 aromatic heterocycles.